The molecule has 0 aliphatic heterocycles. The maximum Gasteiger partial charge on any atom is 0.310 e. The number of esters is 1. The topological polar surface area (TPSA) is 75.6 Å². The van der Waals surface area contributed by atoms with Crippen LogP contribution in [0.25, 0.3) is 0 Å². The van der Waals surface area contributed by atoms with Gasteiger partial charge in [-0.3, -0.25) is 9.59 Å². The molecule has 0 aliphatic carbocycles. The minimum atomic E-state index is -0.490. The maximum atomic E-state index is 12.0. The van der Waals surface area contributed by atoms with Gasteiger partial charge in [-0.05, 0) is 42.2 Å². The van der Waals surface area contributed by atoms with Gasteiger partial charge in [0.05, 0.1) is 6.42 Å². The number of nitrogens with one attached hydrogen (secondary N) is 1. The number of phenolic OH excluding ortho intramolecular Hbond substituents is 1. The molecule has 5 nitrogen and oxygen atoms in total. The number of anilines is 1. The third-order valence-corrected chi connectivity index (χ3v) is 3.65. The van der Waals surface area contributed by atoms with E-state index in [1.807, 2.05) is 32.0 Å². The molecule has 0 spiro atoms. The van der Waals surface area contributed by atoms with Gasteiger partial charge in [0.1, 0.15) is 5.75 Å². The minimum absolute atomic E-state index is 0.0537. The number of hydrogen-bond donors (Lipinski definition) is 2. The number of ether oxygens (including phenoxy) is 1. The number of benzene rings is 2. The number of aryl methyl sites for hydroxylation is 2. The van der Waals surface area contributed by atoms with Crippen LogP contribution in [0.2, 0.25) is 0 Å². The number of carbonyl (C=O) groups excluding carboxylic acids is 2. The first-order chi connectivity index (χ1) is 11.5. The Kier molecular flexibility index (Phi) is 5.95. The van der Waals surface area contributed by atoms with E-state index in [0.717, 1.165) is 23.2 Å². The van der Waals surface area contributed by atoms with E-state index in [1.165, 1.54) is 12.1 Å². The van der Waals surface area contributed by atoms with E-state index in [-0.39, 0.29) is 24.7 Å². The molecule has 2 aromatic rings. The molecule has 0 saturated carbocycles. The Morgan fingerprint density at radius 1 is 1.12 bits per heavy atom. The summed E-state index contributed by atoms with van der Waals surface area (Å²) in [6, 6.07) is 12.1. The Hall–Kier alpha value is -2.82. The molecule has 0 heterocycles. The van der Waals surface area contributed by atoms with Crippen molar-refractivity contribution in [3.05, 3.63) is 59.2 Å². The zero-order valence-corrected chi connectivity index (χ0v) is 13.8. The molecule has 5 heteroatoms. The first kappa shape index (κ1) is 17.5. The second-order valence-corrected chi connectivity index (χ2v) is 5.51. The summed E-state index contributed by atoms with van der Waals surface area (Å²) in [6.07, 6.45) is 0.857. The normalized spacial score (nSPS) is 10.2. The molecule has 0 fully saturated rings. The molecule has 0 saturated heterocycles. The molecule has 0 aliphatic rings. The van der Waals surface area contributed by atoms with Gasteiger partial charge in [0.15, 0.2) is 6.61 Å². The lowest BCUT2D eigenvalue weighted by Crippen LogP contribution is -2.22. The lowest BCUT2D eigenvalue weighted by Gasteiger charge is -2.13. The Labute approximate surface area is 141 Å². The second-order valence-electron chi connectivity index (χ2n) is 5.51. The smallest absolute Gasteiger partial charge is 0.310 e. The summed E-state index contributed by atoms with van der Waals surface area (Å²) in [5.41, 5.74) is 3.50. The van der Waals surface area contributed by atoms with Gasteiger partial charge in [0, 0.05) is 5.69 Å². The average molecular weight is 327 g/mol. The summed E-state index contributed by atoms with van der Waals surface area (Å²) < 4.78 is 5.01. The van der Waals surface area contributed by atoms with E-state index < -0.39 is 5.97 Å². The molecule has 2 N–H and O–H groups in total. The van der Waals surface area contributed by atoms with E-state index in [9.17, 15) is 14.7 Å². The lowest BCUT2D eigenvalue weighted by atomic mass is 10.1. The van der Waals surface area contributed by atoms with Crippen LogP contribution < -0.4 is 5.32 Å². The highest BCUT2D eigenvalue weighted by Crippen LogP contribution is 2.20. The summed E-state index contributed by atoms with van der Waals surface area (Å²) in [5.74, 6) is -0.717. The van der Waals surface area contributed by atoms with Gasteiger partial charge in [-0.15, -0.1) is 0 Å². The number of phenols is 1. The van der Waals surface area contributed by atoms with Gasteiger partial charge in [-0.2, -0.15) is 0 Å². The fourth-order valence-corrected chi connectivity index (χ4v) is 2.36. The predicted octanol–water partition coefficient (Wildman–Crippen LogP) is 2.99. The molecule has 24 heavy (non-hydrogen) atoms. The molecular formula is C19H21NO4. The molecule has 2 aromatic carbocycles. The molecule has 126 valence electrons. The van der Waals surface area contributed by atoms with Crippen LogP contribution in [-0.4, -0.2) is 23.6 Å². The monoisotopic (exact) mass is 327 g/mol. The molecule has 0 aromatic heterocycles. The van der Waals surface area contributed by atoms with E-state index in [0.29, 0.717) is 5.56 Å². The number of rotatable bonds is 6. The van der Waals surface area contributed by atoms with Crippen LogP contribution in [0.1, 0.15) is 23.6 Å². The SMILES string of the molecule is CCc1cccc(C)c1NC(=O)COC(=O)Cc1ccc(O)cc1. The first-order valence-corrected chi connectivity index (χ1v) is 7.81. The number of hydrogen-bond acceptors (Lipinski definition) is 4. The molecule has 0 atom stereocenters. The molecule has 0 unspecified atom stereocenters. The standard InChI is InChI=1S/C19H21NO4/c1-3-15-6-4-5-13(2)19(15)20-17(22)12-24-18(23)11-14-7-9-16(21)10-8-14/h4-10,21H,3,11-12H2,1-2H3,(H,20,22). The predicted molar refractivity (Wildman–Crippen MR) is 92.0 cm³/mol. The summed E-state index contributed by atoms with van der Waals surface area (Å²) in [7, 11) is 0. The maximum absolute atomic E-state index is 12.0. The van der Waals surface area contributed by atoms with Crippen molar-refractivity contribution in [3.63, 3.8) is 0 Å². The van der Waals surface area contributed by atoms with Gasteiger partial charge >= 0.3 is 5.97 Å². The average Bonchev–Trinajstić information content (AvgIpc) is 2.57. The van der Waals surface area contributed by atoms with Crippen molar-refractivity contribution in [1.29, 1.82) is 0 Å². The van der Waals surface area contributed by atoms with Crippen molar-refractivity contribution in [2.75, 3.05) is 11.9 Å². The number of amides is 1. The van der Waals surface area contributed by atoms with Gasteiger partial charge in [0.25, 0.3) is 5.91 Å². The first-order valence-electron chi connectivity index (χ1n) is 7.81. The molecule has 1 amide bonds. The second kappa shape index (κ2) is 8.15. The fourth-order valence-electron chi connectivity index (χ4n) is 2.36. The summed E-state index contributed by atoms with van der Waals surface area (Å²) in [6.45, 7) is 3.61. The van der Waals surface area contributed by atoms with Crippen LogP contribution in [0.3, 0.4) is 0 Å². The van der Waals surface area contributed by atoms with Gasteiger partial charge in [-0.1, -0.05) is 37.3 Å². The third kappa shape index (κ3) is 4.84. The van der Waals surface area contributed by atoms with Crippen LogP contribution in [-0.2, 0) is 27.2 Å². The Balaban J connectivity index is 1.87. The van der Waals surface area contributed by atoms with Crippen molar-refractivity contribution >= 4 is 17.6 Å². The van der Waals surface area contributed by atoms with Crippen molar-refractivity contribution < 1.29 is 19.4 Å². The van der Waals surface area contributed by atoms with Gasteiger partial charge < -0.3 is 15.2 Å². The van der Waals surface area contributed by atoms with Crippen molar-refractivity contribution in [3.8, 4) is 5.75 Å². The quantitative estimate of drug-likeness (QED) is 0.800. The van der Waals surface area contributed by atoms with Gasteiger partial charge in [-0.25, -0.2) is 0 Å². The van der Waals surface area contributed by atoms with Crippen LogP contribution in [0.4, 0.5) is 5.69 Å². The fraction of sp³-hybridized carbons (Fsp3) is 0.263. The molecule has 0 radical (unpaired) electrons. The van der Waals surface area contributed by atoms with Crippen molar-refractivity contribution in [1.82, 2.24) is 0 Å². The van der Waals surface area contributed by atoms with E-state index in [4.69, 9.17) is 4.74 Å². The van der Waals surface area contributed by atoms with Crippen molar-refractivity contribution in [2.24, 2.45) is 0 Å². The minimum Gasteiger partial charge on any atom is -0.508 e. The van der Waals surface area contributed by atoms with Crippen LogP contribution in [0.15, 0.2) is 42.5 Å². The Morgan fingerprint density at radius 2 is 1.83 bits per heavy atom. The summed E-state index contributed by atoms with van der Waals surface area (Å²) >= 11 is 0. The number of para-hydroxylation sites is 1. The highest BCUT2D eigenvalue weighted by Gasteiger charge is 2.11. The van der Waals surface area contributed by atoms with E-state index in [1.54, 1.807) is 12.1 Å². The Bertz CT molecular complexity index is 723. The highest BCUT2D eigenvalue weighted by molar-refractivity contribution is 5.94. The molecule has 2 rings (SSSR count). The zero-order valence-electron chi connectivity index (χ0n) is 13.8. The van der Waals surface area contributed by atoms with Crippen LogP contribution in [0.5, 0.6) is 5.75 Å². The van der Waals surface area contributed by atoms with E-state index >= 15 is 0 Å². The van der Waals surface area contributed by atoms with Crippen LogP contribution in [0, 0.1) is 6.92 Å². The third-order valence-electron chi connectivity index (χ3n) is 3.65. The molecular weight excluding hydrogens is 306 g/mol. The van der Waals surface area contributed by atoms with E-state index in [2.05, 4.69) is 5.32 Å². The highest BCUT2D eigenvalue weighted by atomic mass is 16.5. The lowest BCUT2D eigenvalue weighted by molar-refractivity contribution is -0.146. The largest absolute Gasteiger partial charge is 0.508 e. The molecule has 0 bridgehead atoms. The number of carbonyl (C=O) groups is 2. The van der Waals surface area contributed by atoms with Crippen LogP contribution >= 0.6 is 0 Å². The zero-order chi connectivity index (χ0) is 17.5. The number of aromatic hydroxyl groups is 1. The summed E-state index contributed by atoms with van der Waals surface area (Å²) in [5, 5.41) is 12.0. The van der Waals surface area contributed by atoms with Gasteiger partial charge in [0.2, 0.25) is 0 Å². The Morgan fingerprint density at radius 3 is 2.50 bits per heavy atom. The summed E-state index contributed by atoms with van der Waals surface area (Å²) in [4.78, 5) is 23.8. The van der Waals surface area contributed by atoms with Crippen molar-refractivity contribution in [2.45, 2.75) is 26.7 Å².